The Kier molecular flexibility index (Phi) is 16.8. The number of amides is 4. The summed E-state index contributed by atoms with van der Waals surface area (Å²) in [5.41, 5.74) is -0.411. The Balaban J connectivity index is 0.000000285. The number of aromatic amines is 1. The topological polar surface area (TPSA) is 217 Å². The molecule has 3 aliphatic rings. The number of carbonyl (C=O) groups is 4. The summed E-state index contributed by atoms with van der Waals surface area (Å²) in [4.78, 5) is 66.7. The van der Waals surface area contributed by atoms with Crippen molar-refractivity contribution in [2.24, 2.45) is 5.41 Å². The largest absolute Gasteiger partial charge is 0.465 e. The second-order valence-corrected chi connectivity index (χ2v) is 18.4. The lowest BCUT2D eigenvalue weighted by Crippen LogP contribution is -2.55. The number of para-hydroxylation sites is 2. The molecule has 0 radical (unpaired) electrons. The van der Waals surface area contributed by atoms with Gasteiger partial charge >= 0.3 is 12.0 Å². The van der Waals surface area contributed by atoms with E-state index in [1.54, 1.807) is 29.0 Å². The van der Waals surface area contributed by atoms with E-state index in [-0.39, 0.29) is 25.7 Å². The smallest absolute Gasteiger partial charge is 0.405 e. The number of halogens is 4. The molecule has 2 aliphatic carbocycles. The minimum Gasteiger partial charge on any atom is -0.465 e. The van der Waals surface area contributed by atoms with Gasteiger partial charge in [0.1, 0.15) is 18.6 Å². The number of fused-ring (bicyclic) bond motifs is 1. The van der Waals surface area contributed by atoms with Crippen LogP contribution in [-0.2, 0) is 35.1 Å². The molecule has 5 N–H and O–H groups in total. The Bertz CT molecular complexity index is 1940. The van der Waals surface area contributed by atoms with Crippen LogP contribution in [0.25, 0.3) is 11.0 Å². The molecule has 4 amide bonds. The van der Waals surface area contributed by atoms with Crippen LogP contribution in [0.1, 0.15) is 98.1 Å². The molecule has 1 aromatic heterocycles. The maximum atomic E-state index is 14.2. The number of alkyl halides is 4. The third-order valence-electron chi connectivity index (χ3n) is 9.12. The van der Waals surface area contributed by atoms with Crippen LogP contribution in [-0.4, -0.2) is 101 Å². The van der Waals surface area contributed by atoms with E-state index in [1.165, 1.54) is 13.0 Å². The van der Waals surface area contributed by atoms with Crippen LogP contribution in [0.15, 0.2) is 41.2 Å². The van der Waals surface area contributed by atoms with Crippen molar-refractivity contribution in [3.05, 3.63) is 52.5 Å². The van der Waals surface area contributed by atoms with Crippen molar-refractivity contribution >= 4 is 44.9 Å². The van der Waals surface area contributed by atoms with Crippen LogP contribution in [0.5, 0.6) is 0 Å². The van der Waals surface area contributed by atoms with Gasteiger partial charge in [-0.25, -0.2) is 27.0 Å². The van der Waals surface area contributed by atoms with Gasteiger partial charge in [0.15, 0.2) is 5.69 Å². The summed E-state index contributed by atoms with van der Waals surface area (Å²) >= 11 is 0. The number of carbonyl (C=O) groups excluding carboxylic acids is 3. The van der Waals surface area contributed by atoms with Gasteiger partial charge < -0.3 is 30.4 Å². The summed E-state index contributed by atoms with van der Waals surface area (Å²) in [5, 5.41) is 12.6. The average molecular weight is 847 g/mol. The van der Waals surface area contributed by atoms with Gasteiger partial charge in [0.25, 0.3) is 11.5 Å². The quantitative estimate of drug-likeness (QED) is 0.127. The van der Waals surface area contributed by atoms with E-state index < -0.39 is 87.2 Å². The average Bonchev–Trinajstić information content (AvgIpc) is 3.47. The van der Waals surface area contributed by atoms with Gasteiger partial charge in [0.2, 0.25) is 28.3 Å². The van der Waals surface area contributed by atoms with Crippen molar-refractivity contribution < 1.29 is 55.0 Å². The van der Waals surface area contributed by atoms with Crippen LogP contribution < -0.4 is 20.9 Å². The third kappa shape index (κ3) is 15.0. The number of ether oxygens (including phenoxy) is 1. The Hall–Kier alpha value is -4.59. The number of likely N-dealkylation sites (tertiary alicyclic amines) is 1. The highest BCUT2D eigenvalue weighted by atomic mass is 32.2. The highest BCUT2D eigenvalue weighted by molar-refractivity contribution is 7.91. The summed E-state index contributed by atoms with van der Waals surface area (Å²) in [5.74, 6) is -6.29. The van der Waals surface area contributed by atoms with Crippen molar-refractivity contribution in [2.75, 3.05) is 19.7 Å². The first-order valence-corrected chi connectivity index (χ1v) is 20.5. The van der Waals surface area contributed by atoms with E-state index in [0.717, 1.165) is 30.6 Å². The first-order chi connectivity index (χ1) is 26.9. The van der Waals surface area contributed by atoms with Crippen LogP contribution >= 0.6 is 0 Å². The second-order valence-electron chi connectivity index (χ2n) is 16.2. The molecule has 2 heterocycles. The number of hydrogen-bond acceptors (Lipinski definition) is 9. The fourth-order valence-electron chi connectivity index (χ4n) is 5.82. The molecule has 2 saturated carbocycles. The highest BCUT2D eigenvalue weighted by Gasteiger charge is 2.51. The van der Waals surface area contributed by atoms with Crippen molar-refractivity contribution in [3.63, 3.8) is 0 Å². The summed E-state index contributed by atoms with van der Waals surface area (Å²) in [6, 6.07) is 3.69. The molecule has 3 fully saturated rings. The van der Waals surface area contributed by atoms with E-state index in [2.05, 4.69) is 43.0 Å². The molecule has 0 bridgehead atoms. The number of nitrogens with zero attached hydrogens (tertiary/aromatic N) is 2. The first kappa shape index (κ1) is 47.8. The van der Waals surface area contributed by atoms with E-state index in [9.17, 15) is 50.0 Å². The molecule has 1 aliphatic heterocycles. The normalized spacial score (nSPS) is 18.5. The van der Waals surface area contributed by atoms with Crippen LogP contribution in [0, 0.1) is 5.41 Å². The number of sulfonamides is 1. The number of aromatic nitrogens is 2. The van der Waals surface area contributed by atoms with Gasteiger partial charge in [-0.15, -0.1) is 0 Å². The van der Waals surface area contributed by atoms with E-state index in [1.807, 2.05) is 5.32 Å². The second kappa shape index (κ2) is 20.4. The predicted octanol–water partition coefficient (Wildman–Crippen LogP) is 4.97. The number of nitrogens with one attached hydrogen (secondary N) is 4. The van der Waals surface area contributed by atoms with Gasteiger partial charge in [0, 0.05) is 13.0 Å². The first-order valence-electron chi connectivity index (χ1n) is 19.0. The van der Waals surface area contributed by atoms with Crippen molar-refractivity contribution in [1.82, 2.24) is 30.2 Å². The Labute approximate surface area is 334 Å². The summed E-state index contributed by atoms with van der Waals surface area (Å²) in [7, 11) is -4.09. The minimum absolute atomic E-state index is 0.117. The van der Waals surface area contributed by atoms with Crippen LogP contribution in [0.4, 0.5) is 22.4 Å². The summed E-state index contributed by atoms with van der Waals surface area (Å²) in [6.07, 6.45) is 2.04. The maximum Gasteiger partial charge on any atom is 0.405 e. The van der Waals surface area contributed by atoms with Gasteiger partial charge in [-0.3, -0.25) is 23.9 Å². The molecule has 1 aromatic carbocycles. The molecule has 324 valence electrons. The Morgan fingerprint density at radius 2 is 1.69 bits per heavy atom. The van der Waals surface area contributed by atoms with E-state index in [0.29, 0.717) is 41.8 Å². The molecule has 5 rings (SSSR count). The van der Waals surface area contributed by atoms with Gasteiger partial charge in [0.05, 0.1) is 28.5 Å². The van der Waals surface area contributed by atoms with Gasteiger partial charge in [-0.05, 0) is 69.1 Å². The molecular formula is C38H54F4N6O9S. The lowest BCUT2D eigenvalue weighted by atomic mass is 10.0. The molecule has 2 unspecified atom stereocenters. The van der Waals surface area contributed by atoms with Crippen LogP contribution in [0.3, 0.4) is 0 Å². The van der Waals surface area contributed by atoms with E-state index in [4.69, 9.17) is 9.84 Å². The number of allylic oxidation sites excluding steroid dienone is 1. The summed E-state index contributed by atoms with van der Waals surface area (Å²) < 4.78 is 84.8. The number of H-pyrrole nitrogens is 1. The molecule has 58 heavy (non-hydrogen) atoms. The Morgan fingerprint density at radius 3 is 2.28 bits per heavy atom. The Morgan fingerprint density at radius 1 is 1.07 bits per heavy atom. The molecule has 2 atom stereocenters. The predicted molar refractivity (Wildman–Crippen MR) is 207 cm³/mol. The fourth-order valence-corrected chi connectivity index (χ4v) is 7.11. The maximum absolute atomic E-state index is 14.2. The number of rotatable bonds is 14. The van der Waals surface area contributed by atoms with Crippen LogP contribution in [0.2, 0.25) is 0 Å². The number of hydrogen-bond donors (Lipinski definition) is 5. The standard InChI is InChI=1S/C17H18F2N2O2.C16H24F2N4O7S.C5H12/c18-17(19,10-5-11-23-12-6-1-2-7-12)15-16(22)21-14-9-4-3-8-13(14)20-15;1-16(4-5-16)30(28,29)21-13(24)9(7-11(17)18)20-14(25)10-3-2-6-22(10)12(23)8-19-15(26)27;1-5(2,3)4/h3-5,8-10,12H,1-2,6-7,11H2,(H,21,22);9-11,19H,2-8H2,1H3,(H,20,25)(H,21,24)(H,26,27);1-4H3/b10-5+;;. The number of benzene rings is 1. The highest BCUT2D eigenvalue weighted by Crippen LogP contribution is 2.42. The third-order valence-corrected chi connectivity index (χ3v) is 11.3. The SMILES string of the molecule is CC(C)(C)C.CC1(S(=O)(=O)NC(=O)C(CC(F)F)NC(=O)C2CCCN2C(=O)CNC(=O)O)CC1.O=c1[nH]c2ccccc2nc1C(F)(F)/C=C/COC1CCCC1. The minimum atomic E-state index is -4.09. The van der Waals surface area contributed by atoms with Crippen molar-refractivity contribution in [3.8, 4) is 0 Å². The van der Waals surface area contributed by atoms with Crippen molar-refractivity contribution in [2.45, 2.75) is 128 Å². The zero-order chi connectivity index (χ0) is 43.5. The lowest BCUT2D eigenvalue weighted by molar-refractivity contribution is -0.139. The van der Waals surface area contributed by atoms with Gasteiger partial charge in [-0.1, -0.05) is 58.7 Å². The van der Waals surface area contributed by atoms with Gasteiger partial charge in [-0.2, -0.15) is 8.78 Å². The molecule has 2 aromatic rings. The molecule has 1 saturated heterocycles. The molecule has 15 nitrogen and oxygen atoms in total. The zero-order valence-corrected chi connectivity index (χ0v) is 34.1. The zero-order valence-electron chi connectivity index (χ0n) is 33.3. The van der Waals surface area contributed by atoms with Crippen molar-refractivity contribution in [1.29, 1.82) is 0 Å². The summed E-state index contributed by atoms with van der Waals surface area (Å²) in [6.45, 7) is 9.86. The fraction of sp³-hybridized carbons (Fsp3) is 0.632. The number of carboxylic acid groups (broad SMARTS) is 1. The monoisotopic (exact) mass is 846 g/mol. The molecular weight excluding hydrogens is 793 g/mol. The molecule has 20 heteroatoms. The molecule has 0 spiro atoms. The lowest BCUT2D eigenvalue weighted by Gasteiger charge is -2.26. The van der Waals surface area contributed by atoms with E-state index >= 15 is 0 Å².